The van der Waals surface area contributed by atoms with Crippen molar-refractivity contribution in [3.05, 3.63) is 58.2 Å². The Kier molecular flexibility index (Phi) is 3.51. The normalized spacial score (nSPS) is 10.2. The molecule has 0 N–H and O–H groups in total. The lowest BCUT2D eigenvalue weighted by Gasteiger charge is -2.05. The Morgan fingerprint density at radius 1 is 1.53 bits per heavy atom. The summed E-state index contributed by atoms with van der Waals surface area (Å²) in [6.45, 7) is -0.209. The first-order valence-corrected chi connectivity index (χ1v) is 5.16. The van der Waals surface area contributed by atoms with Crippen LogP contribution < -0.4 is 0 Å². The van der Waals surface area contributed by atoms with E-state index in [0.29, 0.717) is 0 Å². The molecule has 0 saturated heterocycles. The van der Waals surface area contributed by atoms with Crippen molar-refractivity contribution < 1.29 is 18.8 Å². The molecule has 2 rings (SSSR count). The fraction of sp³-hybridized carbons (Fsp3) is 0.0909. The van der Waals surface area contributed by atoms with Gasteiger partial charge in [-0.25, -0.2) is 13.9 Å². The van der Waals surface area contributed by atoms with Crippen molar-refractivity contribution in [1.82, 2.24) is 9.78 Å². The highest BCUT2D eigenvalue weighted by Crippen LogP contribution is 2.20. The first-order valence-electron chi connectivity index (χ1n) is 5.16. The van der Waals surface area contributed by atoms with E-state index in [-0.39, 0.29) is 6.73 Å². The molecule has 0 aliphatic rings. The summed E-state index contributed by atoms with van der Waals surface area (Å²) >= 11 is 0. The number of carbonyl (C=O) groups excluding carboxylic acids is 1. The Hall–Kier alpha value is -2.77. The van der Waals surface area contributed by atoms with Crippen molar-refractivity contribution >= 4 is 11.7 Å². The zero-order valence-electron chi connectivity index (χ0n) is 9.52. The van der Waals surface area contributed by atoms with Gasteiger partial charge >= 0.3 is 5.97 Å². The number of nitro benzene ring substituents is 1. The van der Waals surface area contributed by atoms with E-state index in [4.69, 9.17) is 4.74 Å². The van der Waals surface area contributed by atoms with Gasteiger partial charge in [-0.2, -0.15) is 5.10 Å². The third kappa shape index (κ3) is 2.92. The summed E-state index contributed by atoms with van der Waals surface area (Å²) < 4.78 is 19.2. The van der Waals surface area contributed by atoms with E-state index in [1.54, 1.807) is 12.3 Å². The van der Waals surface area contributed by atoms with E-state index in [1.165, 1.54) is 10.9 Å². The maximum Gasteiger partial charge on any atom is 0.347 e. The number of nitrogens with zero attached hydrogens (tertiary/aromatic N) is 3. The number of halogens is 1. The van der Waals surface area contributed by atoms with Gasteiger partial charge in [-0.15, -0.1) is 0 Å². The summed E-state index contributed by atoms with van der Waals surface area (Å²) in [6.07, 6.45) is 3.03. The molecule has 7 nitrogen and oxygen atoms in total. The van der Waals surface area contributed by atoms with Crippen LogP contribution in [0.15, 0.2) is 36.7 Å². The van der Waals surface area contributed by atoms with Crippen LogP contribution >= 0.6 is 0 Å². The zero-order chi connectivity index (χ0) is 13.8. The molecule has 19 heavy (non-hydrogen) atoms. The summed E-state index contributed by atoms with van der Waals surface area (Å²) in [5.74, 6) is -1.74. The second-order valence-corrected chi connectivity index (χ2v) is 3.53. The third-order valence-electron chi connectivity index (χ3n) is 2.26. The molecular weight excluding hydrogens is 257 g/mol. The summed E-state index contributed by atoms with van der Waals surface area (Å²) in [5.41, 5.74) is -0.941. The van der Waals surface area contributed by atoms with Gasteiger partial charge in [-0.1, -0.05) is 0 Å². The highest BCUT2D eigenvalue weighted by molar-refractivity contribution is 5.93. The molecule has 2 aromatic rings. The standard InChI is InChI=1S/C11H8FN3O4/c12-8-2-3-10(15(17)18)9(6-8)11(16)19-7-14-5-1-4-13-14/h1-6H,7H2. The zero-order valence-corrected chi connectivity index (χ0v) is 9.52. The van der Waals surface area contributed by atoms with Gasteiger partial charge < -0.3 is 4.74 Å². The van der Waals surface area contributed by atoms with Gasteiger partial charge in [-0.05, 0) is 18.2 Å². The fourth-order valence-electron chi connectivity index (χ4n) is 1.41. The third-order valence-corrected chi connectivity index (χ3v) is 2.26. The molecule has 1 aromatic carbocycles. The molecule has 0 atom stereocenters. The van der Waals surface area contributed by atoms with E-state index < -0.39 is 28.0 Å². The number of benzene rings is 1. The van der Waals surface area contributed by atoms with Crippen LogP contribution in [0.2, 0.25) is 0 Å². The lowest BCUT2D eigenvalue weighted by molar-refractivity contribution is -0.385. The minimum atomic E-state index is -0.985. The number of ether oxygens (including phenoxy) is 1. The molecule has 8 heteroatoms. The Morgan fingerprint density at radius 2 is 2.32 bits per heavy atom. The molecule has 0 saturated carbocycles. The molecule has 0 spiro atoms. The van der Waals surface area contributed by atoms with E-state index >= 15 is 0 Å². The van der Waals surface area contributed by atoms with Gasteiger partial charge in [0.15, 0.2) is 6.73 Å². The second kappa shape index (κ2) is 5.25. The van der Waals surface area contributed by atoms with Crippen molar-refractivity contribution in [3.63, 3.8) is 0 Å². The summed E-state index contributed by atoms with van der Waals surface area (Å²) in [7, 11) is 0. The Balaban J connectivity index is 2.18. The Morgan fingerprint density at radius 3 is 2.95 bits per heavy atom. The highest BCUT2D eigenvalue weighted by Gasteiger charge is 2.22. The molecule has 0 unspecified atom stereocenters. The quantitative estimate of drug-likeness (QED) is 0.477. The van der Waals surface area contributed by atoms with Crippen LogP contribution in [0.1, 0.15) is 10.4 Å². The average Bonchev–Trinajstić information content (AvgIpc) is 2.88. The van der Waals surface area contributed by atoms with Crippen LogP contribution in [0.25, 0.3) is 0 Å². The summed E-state index contributed by atoms with van der Waals surface area (Å²) in [5, 5.41) is 14.5. The molecule has 0 bridgehead atoms. The van der Waals surface area contributed by atoms with E-state index in [0.717, 1.165) is 18.2 Å². The molecule has 0 aliphatic carbocycles. The van der Waals surface area contributed by atoms with Crippen LogP contribution in [0, 0.1) is 15.9 Å². The predicted octanol–water partition coefficient (Wildman–Crippen LogP) is 1.74. The number of nitro groups is 1. The molecular formula is C11H8FN3O4. The van der Waals surface area contributed by atoms with E-state index in [9.17, 15) is 19.3 Å². The molecule has 0 amide bonds. The molecule has 1 aromatic heterocycles. The van der Waals surface area contributed by atoms with Crippen LogP contribution in [0.4, 0.5) is 10.1 Å². The number of carbonyl (C=O) groups is 1. The number of hydrogen-bond donors (Lipinski definition) is 0. The monoisotopic (exact) mass is 265 g/mol. The van der Waals surface area contributed by atoms with Crippen LogP contribution in [-0.2, 0) is 11.5 Å². The molecule has 0 aliphatic heterocycles. The van der Waals surface area contributed by atoms with Crippen LogP contribution in [-0.4, -0.2) is 20.7 Å². The summed E-state index contributed by atoms with van der Waals surface area (Å²) in [4.78, 5) is 21.6. The molecule has 98 valence electrons. The first kappa shape index (κ1) is 12.7. The van der Waals surface area contributed by atoms with Crippen molar-refractivity contribution in [3.8, 4) is 0 Å². The van der Waals surface area contributed by atoms with Gasteiger partial charge in [0, 0.05) is 18.5 Å². The SMILES string of the molecule is O=C(OCn1cccn1)c1cc(F)ccc1[N+](=O)[O-]. The van der Waals surface area contributed by atoms with Crippen molar-refractivity contribution in [2.24, 2.45) is 0 Å². The lowest BCUT2D eigenvalue weighted by atomic mass is 10.2. The predicted molar refractivity (Wildman–Crippen MR) is 60.7 cm³/mol. The van der Waals surface area contributed by atoms with Crippen molar-refractivity contribution in [2.75, 3.05) is 0 Å². The second-order valence-electron chi connectivity index (χ2n) is 3.53. The topological polar surface area (TPSA) is 87.3 Å². The van der Waals surface area contributed by atoms with Gasteiger partial charge in [0.25, 0.3) is 5.69 Å². The van der Waals surface area contributed by atoms with Gasteiger partial charge in [0.05, 0.1) is 4.92 Å². The van der Waals surface area contributed by atoms with Crippen LogP contribution in [0.5, 0.6) is 0 Å². The maximum atomic E-state index is 13.0. The van der Waals surface area contributed by atoms with Gasteiger partial charge in [0.1, 0.15) is 11.4 Å². The molecule has 1 heterocycles. The number of rotatable bonds is 4. The van der Waals surface area contributed by atoms with E-state index in [1.807, 2.05) is 0 Å². The Bertz CT molecular complexity index is 612. The molecule has 0 radical (unpaired) electrons. The fourth-order valence-corrected chi connectivity index (χ4v) is 1.41. The van der Waals surface area contributed by atoms with Crippen LogP contribution in [0.3, 0.4) is 0 Å². The maximum absolute atomic E-state index is 13.0. The smallest absolute Gasteiger partial charge is 0.347 e. The first-order chi connectivity index (χ1) is 9.08. The molecule has 0 fully saturated rings. The number of esters is 1. The number of hydrogen-bond acceptors (Lipinski definition) is 5. The minimum absolute atomic E-state index is 0.209. The lowest BCUT2D eigenvalue weighted by Crippen LogP contribution is -2.12. The van der Waals surface area contributed by atoms with Crippen molar-refractivity contribution in [2.45, 2.75) is 6.73 Å². The highest BCUT2D eigenvalue weighted by atomic mass is 19.1. The Labute approximate surface area is 106 Å². The number of aromatic nitrogens is 2. The minimum Gasteiger partial charge on any atom is -0.439 e. The largest absolute Gasteiger partial charge is 0.439 e. The average molecular weight is 265 g/mol. The van der Waals surface area contributed by atoms with E-state index in [2.05, 4.69) is 5.10 Å². The van der Waals surface area contributed by atoms with Crippen molar-refractivity contribution in [1.29, 1.82) is 0 Å². The van der Waals surface area contributed by atoms with Gasteiger partial charge in [-0.3, -0.25) is 10.1 Å². The summed E-state index contributed by atoms with van der Waals surface area (Å²) in [6, 6.07) is 4.21. The van der Waals surface area contributed by atoms with Gasteiger partial charge in [0.2, 0.25) is 0 Å².